The zero-order chi connectivity index (χ0) is 10.7. The Hall–Kier alpha value is -1.30. The quantitative estimate of drug-likeness (QED) is 0.391. The van der Waals surface area contributed by atoms with Crippen molar-refractivity contribution in [1.29, 1.82) is 0 Å². The van der Waals surface area contributed by atoms with Crippen LogP contribution in [0.5, 0.6) is 5.75 Å². The molecule has 0 radical (unpaired) electrons. The van der Waals surface area contributed by atoms with Crippen LogP contribution in [-0.4, -0.2) is 12.0 Å². The molecule has 2 N–H and O–H groups in total. The highest BCUT2D eigenvalue weighted by Crippen LogP contribution is 2.32. The standard InChI is InChI=1S/C8H9BrN2O3/c1-14-8-2-5(4-9)6(10)3-7(8)11(12)13/h2-3H,4,10H2,1H3. The number of alkyl halides is 1. The van der Waals surface area contributed by atoms with Gasteiger partial charge in [-0.3, -0.25) is 10.1 Å². The van der Waals surface area contributed by atoms with Crippen LogP contribution in [-0.2, 0) is 5.33 Å². The minimum Gasteiger partial charge on any atom is -0.490 e. The van der Waals surface area contributed by atoms with E-state index < -0.39 is 4.92 Å². The van der Waals surface area contributed by atoms with Crippen molar-refractivity contribution in [2.24, 2.45) is 0 Å². The molecule has 0 unspecified atom stereocenters. The maximum atomic E-state index is 10.6. The van der Waals surface area contributed by atoms with E-state index in [4.69, 9.17) is 10.5 Å². The van der Waals surface area contributed by atoms with Crippen molar-refractivity contribution >= 4 is 27.3 Å². The van der Waals surface area contributed by atoms with Gasteiger partial charge in [0.05, 0.1) is 12.0 Å². The number of benzene rings is 1. The smallest absolute Gasteiger partial charge is 0.312 e. The molecule has 0 spiro atoms. The molecule has 0 amide bonds. The maximum absolute atomic E-state index is 10.6. The van der Waals surface area contributed by atoms with E-state index in [0.29, 0.717) is 11.0 Å². The molecule has 0 aliphatic heterocycles. The molecule has 0 saturated heterocycles. The van der Waals surface area contributed by atoms with E-state index in [2.05, 4.69) is 15.9 Å². The number of nitro groups is 1. The SMILES string of the molecule is COc1cc(CBr)c(N)cc1[N+](=O)[O-]. The number of nitrogen functional groups attached to an aromatic ring is 1. The van der Waals surface area contributed by atoms with Crippen molar-refractivity contribution < 1.29 is 9.66 Å². The second-order valence-electron chi connectivity index (χ2n) is 2.61. The van der Waals surface area contributed by atoms with Crippen molar-refractivity contribution in [3.63, 3.8) is 0 Å². The molecule has 76 valence electrons. The molecule has 5 nitrogen and oxygen atoms in total. The number of ether oxygens (including phenoxy) is 1. The fourth-order valence-electron chi connectivity index (χ4n) is 1.05. The molecule has 0 bridgehead atoms. The van der Waals surface area contributed by atoms with Crippen LogP contribution < -0.4 is 10.5 Å². The Bertz CT molecular complexity index is 368. The highest BCUT2D eigenvalue weighted by Gasteiger charge is 2.16. The van der Waals surface area contributed by atoms with Crippen LogP contribution in [0.4, 0.5) is 11.4 Å². The number of hydrogen-bond acceptors (Lipinski definition) is 4. The van der Waals surface area contributed by atoms with E-state index in [1.54, 1.807) is 6.07 Å². The Morgan fingerprint density at radius 1 is 1.64 bits per heavy atom. The molecular weight excluding hydrogens is 252 g/mol. The second-order valence-corrected chi connectivity index (χ2v) is 3.17. The molecule has 0 fully saturated rings. The third kappa shape index (κ3) is 1.95. The van der Waals surface area contributed by atoms with Crippen LogP contribution in [0.3, 0.4) is 0 Å². The molecule has 0 saturated carbocycles. The first-order valence-electron chi connectivity index (χ1n) is 3.77. The summed E-state index contributed by atoms with van der Waals surface area (Å²) < 4.78 is 4.89. The van der Waals surface area contributed by atoms with Crippen LogP contribution in [0.25, 0.3) is 0 Å². The Morgan fingerprint density at radius 3 is 2.71 bits per heavy atom. The van der Waals surface area contributed by atoms with Gasteiger partial charge >= 0.3 is 5.69 Å². The number of nitrogens with two attached hydrogens (primary N) is 1. The van der Waals surface area contributed by atoms with Crippen molar-refractivity contribution in [1.82, 2.24) is 0 Å². The van der Waals surface area contributed by atoms with Gasteiger partial charge in [-0.05, 0) is 11.6 Å². The van der Waals surface area contributed by atoms with Gasteiger partial charge in [0, 0.05) is 17.1 Å². The summed E-state index contributed by atoms with van der Waals surface area (Å²) >= 11 is 3.23. The zero-order valence-electron chi connectivity index (χ0n) is 7.49. The third-order valence-corrected chi connectivity index (χ3v) is 2.39. The van der Waals surface area contributed by atoms with E-state index in [0.717, 1.165) is 5.56 Å². The van der Waals surface area contributed by atoms with Crippen molar-refractivity contribution in [2.75, 3.05) is 12.8 Å². The maximum Gasteiger partial charge on any atom is 0.312 e. The first-order chi connectivity index (χ1) is 6.60. The molecule has 1 aromatic rings. The Balaban J connectivity index is 3.31. The van der Waals surface area contributed by atoms with Crippen molar-refractivity contribution in [2.45, 2.75) is 5.33 Å². The lowest BCUT2D eigenvalue weighted by Crippen LogP contribution is -1.98. The molecule has 0 aliphatic rings. The number of anilines is 1. The monoisotopic (exact) mass is 260 g/mol. The summed E-state index contributed by atoms with van der Waals surface area (Å²) in [6.07, 6.45) is 0. The van der Waals surface area contributed by atoms with Crippen LogP contribution in [0.1, 0.15) is 5.56 Å². The summed E-state index contributed by atoms with van der Waals surface area (Å²) in [4.78, 5) is 10.1. The van der Waals surface area contributed by atoms with Gasteiger partial charge in [0.25, 0.3) is 0 Å². The first-order valence-corrected chi connectivity index (χ1v) is 4.89. The lowest BCUT2D eigenvalue weighted by atomic mass is 10.1. The minimum atomic E-state index is -0.521. The summed E-state index contributed by atoms with van der Waals surface area (Å²) in [6.45, 7) is 0. The summed E-state index contributed by atoms with van der Waals surface area (Å²) in [5, 5.41) is 11.1. The molecule has 0 atom stereocenters. The van der Waals surface area contributed by atoms with Crippen LogP contribution in [0.15, 0.2) is 12.1 Å². The first kappa shape index (κ1) is 10.8. The van der Waals surface area contributed by atoms with Gasteiger partial charge in [-0.25, -0.2) is 0 Å². The number of methoxy groups -OCH3 is 1. The number of nitrogens with zero attached hydrogens (tertiary/aromatic N) is 1. The molecule has 1 rings (SSSR count). The van der Waals surface area contributed by atoms with E-state index in [-0.39, 0.29) is 11.4 Å². The predicted molar refractivity (Wildman–Crippen MR) is 56.7 cm³/mol. The van der Waals surface area contributed by atoms with Crippen LogP contribution >= 0.6 is 15.9 Å². The fraction of sp³-hybridized carbons (Fsp3) is 0.250. The molecule has 0 heterocycles. The molecule has 0 aromatic heterocycles. The lowest BCUT2D eigenvalue weighted by Gasteiger charge is -2.06. The molecule has 14 heavy (non-hydrogen) atoms. The molecular formula is C8H9BrN2O3. The summed E-state index contributed by atoms with van der Waals surface area (Å²) in [7, 11) is 1.39. The van der Waals surface area contributed by atoms with Crippen molar-refractivity contribution in [3.8, 4) is 5.75 Å². The average Bonchev–Trinajstić information content (AvgIpc) is 2.17. The minimum absolute atomic E-state index is 0.116. The van der Waals surface area contributed by atoms with Gasteiger partial charge in [-0.2, -0.15) is 0 Å². The van der Waals surface area contributed by atoms with Gasteiger partial charge in [-0.15, -0.1) is 0 Å². The average molecular weight is 261 g/mol. The normalized spacial score (nSPS) is 9.86. The highest BCUT2D eigenvalue weighted by atomic mass is 79.9. The lowest BCUT2D eigenvalue weighted by molar-refractivity contribution is -0.385. The Kier molecular flexibility index (Phi) is 3.29. The van der Waals surface area contributed by atoms with E-state index >= 15 is 0 Å². The molecule has 0 aliphatic carbocycles. The van der Waals surface area contributed by atoms with Gasteiger partial charge in [-0.1, -0.05) is 15.9 Å². The van der Waals surface area contributed by atoms with Gasteiger partial charge in [0.2, 0.25) is 0 Å². The Morgan fingerprint density at radius 2 is 2.29 bits per heavy atom. The second kappa shape index (κ2) is 4.28. The number of hydrogen-bond donors (Lipinski definition) is 1. The highest BCUT2D eigenvalue weighted by molar-refractivity contribution is 9.08. The van der Waals surface area contributed by atoms with Crippen LogP contribution in [0.2, 0.25) is 0 Å². The third-order valence-electron chi connectivity index (χ3n) is 1.78. The number of nitro benzene ring substituents is 1. The largest absolute Gasteiger partial charge is 0.490 e. The van der Waals surface area contributed by atoms with E-state index in [9.17, 15) is 10.1 Å². The predicted octanol–water partition coefficient (Wildman–Crippen LogP) is 2.08. The number of rotatable bonds is 3. The number of halogens is 1. The van der Waals surface area contributed by atoms with E-state index in [1.165, 1.54) is 13.2 Å². The molecule has 6 heteroatoms. The zero-order valence-corrected chi connectivity index (χ0v) is 9.08. The topological polar surface area (TPSA) is 78.4 Å². The van der Waals surface area contributed by atoms with Gasteiger partial charge in [0.15, 0.2) is 5.75 Å². The van der Waals surface area contributed by atoms with Crippen LogP contribution in [0, 0.1) is 10.1 Å². The Labute approximate surface area is 89.1 Å². The molecule has 1 aromatic carbocycles. The van der Waals surface area contributed by atoms with Gasteiger partial charge in [0.1, 0.15) is 0 Å². The summed E-state index contributed by atoms with van der Waals surface area (Å²) in [5.74, 6) is 0.221. The van der Waals surface area contributed by atoms with Crippen molar-refractivity contribution in [3.05, 3.63) is 27.8 Å². The van der Waals surface area contributed by atoms with Gasteiger partial charge < -0.3 is 10.5 Å². The fourth-order valence-corrected chi connectivity index (χ4v) is 1.53. The summed E-state index contributed by atoms with van der Waals surface area (Å²) in [5.41, 5.74) is 6.64. The van der Waals surface area contributed by atoms with E-state index in [1.807, 2.05) is 0 Å². The summed E-state index contributed by atoms with van der Waals surface area (Å²) in [6, 6.07) is 2.86.